The predicted molar refractivity (Wildman–Crippen MR) is 88.2 cm³/mol. The number of halogens is 2. The van der Waals surface area contributed by atoms with Gasteiger partial charge < -0.3 is 14.8 Å². The minimum absolute atomic E-state index is 0.0734. The first-order chi connectivity index (χ1) is 10.3. The molecule has 2 heterocycles. The maximum Gasteiger partial charge on any atom is 0.348 e. The Morgan fingerprint density at radius 2 is 2.27 bits per heavy atom. The van der Waals surface area contributed by atoms with Crippen molar-refractivity contribution in [1.29, 1.82) is 0 Å². The molecule has 1 N–H and O–H groups in total. The molecular weight excluding hydrogens is 372 g/mol. The summed E-state index contributed by atoms with van der Waals surface area (Å²) < 4.78 is 12.0. The molecule has 2 rings (SSSR count). The van der Waals surface area contributed by atoms with Crippen LogP contribution in [0.3, 0.4) is 0 Å². The molecule has 0 bridgehead atoms. The molecular formula is C15H20BrClN2O3. The summed E-state index contributed by atoms with van der Waals surface area (Å²) in [5.41, 5.74) is -0.552. The van der Waals surface area contributed by atoms with E-state index < -0.39 is 11.7 Å². The van der Waals surface area contributed by atoms with Crippen LogP contribution < -0.4 is 10.1 Å². The van der Waals surface area contributed by atoms with Crippen LogP contribution in [0.4, 0.5) is 0 Å². The highest BCUT2D eigenvalue weighted by molar-refractivity contribution is 9.10. The molecule has 1 aliphatic rings. The standard InChI is InChI=1S/C15H20BrClN2O3/c1-15(2,3)22-14(20)12(9-4-5-18-7-9)21-10-6-11(16)13(17)19-8-10/h6,8-9,12,18H,4-5,7H2,1-3H3/t9-,12?/m1/s1. The lowest BCUT2D eigenvalue weighted by Crippen LogP contribution is -2.41. The van der Waals surface area contributed by atoms with Gasteiger partial charge in [-0.05, 0) is 55.7 Å². The third-order valence-electron chi connectivity index (χ3n) is 3.20. The van der Waals surface area contributed by atoms with E-state index in [-0.39, 0.29) is 11.9 Å². The van der Waals surface area contributed by atoms with Gasteiger partial charge in [-0.1, -0.05) is 11.6 Å². The van der Waals surface area contributed by atoms with E-state index in [0.717, 1.165) is 19.5 Å². The maximum absolute atomic E-state index is 12.5. The van der Waals surface area contributed by atoms with E-state index in [1.165, 1.54) is 6.20 Å². The van der Waals surface area contributed by atoms with Gasteiger partial charge in [0.15, 0.2) is 6.10 Å². The lowest BCUT2D eigenvalue weighted by atomic mass is 10.0. The Bertz CT molecular complexity index is 542. The molecule has 1 unspecified atom stereocenters. The lowest BCUT2D eigenvalue weighted by molar-refractivity contribution is -0.165. The van der Waals surface area contributed by atoms with Crippen molar-refractivity contribution in [2.75, 3.05) is 13.1 Å². The van der Waals surface area contributed by atoms with Crippen molar-refractivity contribution in [2.45, 2.75) is 38.9 Å². The number of aromatic nitrogens is 1. The molecule has 0 amide bonds. The van der Waals surface area contributed by atoms with E-state index in [9.17, 15) is 4.79 Å². The van der Waals surface area contributed by atoms with E-state index in [1.807, 2.05) is 20.8 Å². The quantitative estimate of drug-likeness (QED) is 0.631. The number of hydrogen-bond acceptors (Lipinski definition) is 5. The SMILES string of the molecule is CC(C)(C)OC(=O)C(Oc1cnc(Cl)c(Br)c1)[C@@H]1CCNC1. The van der Waals surface area contributed by atoms with Crippen LogP contribution in [-0.2, 0) is 9.53 Å². The van der Waals surface area contributed by atoms with Crippen LogP contribution in [0.25, 0.3) is 0 Å². The molecule has 0 spiro atoms. The average molecular weight is 392 g/mol. The van der Waals surface area contributed by atoms with Gasteiger partial charge in [-0.3, -0.25) is 0 Å². The smallest absolute Gasteiger partial charge is 0.348 e. The Kier molecular flexibility index (Phi) is 5.69. The molecule has 0 radical (unpaired) electrons. The summed E-state index contributed by atoms with van der Waals surface area (Å²) in [7, 11) is 0. The Labute approximate surface area is 143 Å². The third-order valence-corrected chi connectivity index (χ3v) is 4.33. The molecule has 1 aromatic heterocycles. The topological polar surface area (TPSA) is 60.5 Å². The van der Waals surface area contributed by atoms with Crippen molar-refractivity contribution in [2.24, 2.45) is 5.92 Å². The number of hydrogen-bond donors (Lipinski definition) is 1. The zero-order valence-corrected chi connectivity index (χ0v) is 15.2. The van der Waals surface area contributed by atoms with Crippen molar-refractivity contribution in [1.82, 2.24) is 10.3 Å². The van der Waals surface area contributed by atoms with E-state index in [1.54, 1.807) is 6.07 Å². The van der Waals surface area contributed by atoms with Gasteiger partial charge in [0.05, 0.1) is 10.7 Å². The second-order valence-corrected chi connectivity index (χ2v) is 7.48. The van der Waals surface area contributed by atoms with E-state index >= 15 is 0 Å². The lowest BCUT2D eigenvalue weighted by Gasteiger charge is -2.27. The molecule has 0 aromatic carbocycles. The van der Waals surface area contributed by atoms with Crippen LogP contribution in [0, 0.1) is 5.92 Å². The van der Waals surface area contributed by atoms with Gasteiger partial charge in [0.2, 0.25) is 0 Å². The summed E-state index contributed by atoms with van der Waals surface area (Å²) >= 11 is 9.18. The van der Waals surface area contributed by atoms with Gasteiger partial charge in [-0.15, -0.1) is 0 Å². The molecule has 7 heteroatoms. The zero-order chi connectivity index (χ0) is 16.3. The summed E-state index contributed by atoms with van der Waals surface area (Å²) in [6.07, 6.45) is 1.71. The predicted octanol–water partition coefficient (Wildman–Crippen LogP) is 3.20. The molecule has 1 saturated heterocycles. The second kappa shape index (κ2) is 7.15. The molecule has 122 valence electrons. The van der Waals surface area contributed by atoms with Crippen molar-refractivity contribution in [3.05, 3.63) is 21.9 Å². The second-order valence-electron chi connectivity index (χ2n) is 6.27. The van der Waals surface area contributed by atoms with Crippen LogP contribution in [0.1, 0.15) is 27.2 Å². The normalized spacial score (nSPS) is 19.8. The fourth-order valence-corrected chi connectivity index (χ4v) is 2.68. The van der Waals surface area contributed by atoms with E-state index in [2.05, 4.69) is 26.2 Å². The van der Waals surface area contributed by atoms with Crippen LogP contribution >= 0.6 is 27.5 Å². The number of carbonyl (C=O) groups is 1. The summed E-state index contributed by atoms with van der Waals surface area (Å²) in [6.45, 7) is 7.13. The maximum atomic E-state index is 12.5. The van der Waals surface area contributed by atoms with Gasteiger partial charge >= 0.3 is 5.97 Å². The van der Waals surface area contributed by atoms with Gasteiger partial charge in [-0.2, -0.15) is 0 Å². The average Bonchev–Trinajstić information content (AvgIpc) is 2.91. The van der Waals surface area contributed by atoms with E-state index in [0.29, 0.717) is 15.4 Å². The summed E-state index contributed by atoms with van der Waals surface area (Å²) in [6, 6.07) is 1.70. The molecule has 22 heavy (non-hydrogen) atoms. The van der Waals surface area contributed by atoms with Crippen molar-refractivity contribution < 1.29 is 14.3 Å². The minimum atomic E-state index is -0.663. The number of esters is 1. The van der Waals surface area contributed by atoms with Crippen molar-refractivity contribution in [3.8, 4) is 5.75 Å². The molecule has 5 nitrogen and oxygen atoms in total. The minimum Gasteiger partial charge on any atom is -0.477 e. The largest absolute Gasteiger partial charge is 0.477 e. The first-order valence-corrected chi connectivity index (χ1v) is 8.34. The van der Waals surface area contributed by atoms with Gasteiger partial charge in [0.1, 0.15) is 16.5 Å². The Morgan fingerprint density at radius 1 is 1.55 bits per heavy atom. The van der Waals surface area contributed by atoms with Crippen LogP contribution in [0.5, 0.6) is 5.75 Å². The molecule has 2 atom stereocenters. The summed E-state index contributed by atoms with van der Waals surface area (Å²) in [5.74, 6) is 0.204. The number of nitrogens with zero attached hydrogens (tertiary/aromatic N) is 1. The first-order valence-electron chi connectivity index (χ1n) is 7.17. The monoisotopic (exact) mass is 390 g/mol. The fraction of sp³-hybridized carbons (Fsp3) is 0.600. The van der Waals surface area contributed by atoms with Crippen LogP contribution in [0.15, 0.2) is 16.7 Å². The highest BCUT2D eigenvalue weighted by Crippen LogP contribution is 2.27. The van der Waals surface area contributed by atoms with Crippen molar-refractivity contribution in [3.63, 3.8) is 0 Å². The first kappa shape index (κ1) is 17.5. The Morgan fingerprint density at radius 3 is 2.82 bits per heavy atom. The Balaban J connectivity index is 2.16. The van der Waals surface area contributed by atoms with Gasteiger partial charge in [0, 0.05) is 12.5 Å². The summed E-state index contributed by atoms with van der Waals surface area (Å²) in [5, 5.41) is 3.59. The van der Waals surface area contributed by atoms with Crippen LogP contribution in [0.2, 0.25) is 5.15 Å². The highest BCUT2D eigenvalue weighted by Gasteiger charge is 2.36. The molecule has 0 saturated carbocycles. The number of carbonyl (C=O) groups excluding carboxylic acids is 1. The third kappa shape index (κ3) is 4.83. The van der Waals surface area contributed by atoms with E-state index in [4.69, 9.17) is 21.1 Å². The molecule has 1 aromatic rings. The number of pyridine rings is 1. The van der Waals surface area contributed by atoms with Gasteiger partial charge in [-0.25, -0.2) is 9.78 Å². The summed E-state index contributed by atoms with van der Waals surface area (Å²) in [4.78, 5) is 16.5. The number of ether oxygens (including phenoxy) is 2. The Hall–Kier alpha value is -0.850. The van der Waals surface area contributed by atoms with Crippen molar-refractivity contribution >= 4 is 33.5 Å². The fourth-order valence-electron chi connectivity index (χ4n) is 2.25. The number of rotatable bonds is 4. The molecule has 0 aliphatic carbocycles. The van der Waals surface area contributed by atoms with Gasteiger partial charge in [0.25, 0.3) is 0 Å². The number of nitrogens with one attached hydrogen (secondary N) is 1. The highest BCUT2D eigenvalue weighted by atomic mass is 79.9. The molecule has 1 fully saturated rings. The molecule has 1 aliphatic heterocycles. The van der Waals surface area contributed by atoms with Crippen LogP contribution in [-0.4, -0.2) is 35.7 Å². The zero-order valence-electron chi connectivity index (χ0n) is 12.9.